The van der Waals surface area contributed by atoms with Crippen LogP contribution in [-0.4, -0.2) is 38.4 Å². The lowest BCUT2D eigenvalue weighted by atomic mass is 9.97. The number of aromatic nitrogens is 3. The smallest absolute Gasteiger partial charge is 0.332 e. The number of aryl methyl sites for hydroxylation is 1. The molecule has 2 aromatic carbocycles. The average Bonchev–Trinajstić information content (AvgIpc) is 3.27. The molecule has 4 aromatic rings. The lowest BCUT2D eigenvalue weighted by molar-refractivity contribution is 0.477. The van der Waals surface area contributed by atoms with Crippen LogP contribution in [0.2, 0.25) is 5.02 Å². The van der Waals surface area contributed by atoms with Crippen molar-refractivity contribution in [2.75, 3.05) is 18.0 Å². The van der Waals surface area contributed by atoms with E-state index in [1.54, 1.807) is 24.4 Å². The summed E-state index contributed by atoms with van der Waals surface area (Å²) in [5, 5.41) is 11.3. The van der Waals surface area contributed by atoms with Gasteiger partial charge in [0.1, 0.15) is 17.4 Å². The lowest BCUT2D eigenvalue weighted by Crippen LogP contribution is -2.43. The van der Waals surface area contributed by atoms with Crippen molar-refractivity contribution in [3.8, 4) is 33.7 Å². The summed E-state index contributed by atoms with van der Waals surface area (Å²) < 4.78 is 39.0. The Kier molecular flexibility index (Phi) is 5.17. The largest absolute Gasteiger partial charge is 0.507 e. The maximum absolute atomic E-state index is 14.8. The second kappa shape index (κ2) is 9.20. The summed E-state index contributed by atoms with van der Waals surface area (Å²) in [6, 6.07) is 10.6. The number of halogens is 2. The molecule has 1 aliphatic rings. The standard InChI is InChI=1S/C26H25ClFN5O2/c1-31-9-10-33(26(31)35)23-5-4-16(11-22(23)27)20-13-18(28)14-21(25(20)34)17-6-7-30-24(12-17)32-8-2-3-19(29)15-32/h4-7,9-14,19,34H,2-3,8,15,29H2,1H3/t19-/m0/s1/i1D3. The van der Waals surface area contributed by atoms with Crippen LogP contribution in [0.25, 0.3) is 27.9 Å². The molecule has 1 aliphatic heterocycles. The fourth-order valence-electron chi connectivity index (χ4n) is 4.45. The first kappa shape index (κ1) is 19.7. The molecule has 0 unspecified atom stereocenters. The van der Waals surface area contributed by atoms with E-state index in [1.807, 2.05) is 0 Å². The SMILES string of the molecule is [2H]C([2H])([2H])n1ccn(-c2ccc(-c3cc(F)cc(-c4ccnc(N5CCC[C@H](N)C5)c4)c3O)cc2Cl)c1=O. The highest BCUT2D eigenvalue weighted by atomic mass is 35.5. The number of anilines is 1. The van der Waals surface area contributed by atoms with Gasteiger partial charge in [-0.05, 0) is 60.4 Å². The van der Waals surface area contributed by atoms with Gasteiger partial charge in [-0.25, -0.2) is 14.2 Å². The highest BCUT2D eigenvalue weighted by Crippen LogP contribution is 2.41. The number of phenolic OH excluding ortho intramolecular Hbond substituents is 1. The second-order valence-corrected chi connectivity index (χ2v) is 8.99. The van der Waals surface area contributed by atoms with Gasteiger partial charge in [-0.2, -0.15) is 0 Å². The third-order valence-corrected chi connectivity index (χ3v) is 6.51. The molecule has 3 N–H and O–H groups in total. The Morgan fingerprint density at radius 3 is 2.63 bits per heavy atom. The van der Waals surface area contributed by atoms with E-state index >= 15 is 0 Å². The van der Waals surface area contributed by atoms with E-state index in [1.165, 1.54) is 30.5 Å². The van der Waals surface area contributed by atoms with Gasteiger partial charge in [-0.15, -0.1) is 0 Å². The van der Waals surface area contributed by atoms with Gasteiger partial charge in [0.25, 0.3) is 0 Å². The van der Waals surface area contributed by atoms with Gasteiger partial charge in [-0.1, -0.05) is 17.7 Å². The first-order chi connectivity index (χ1) is 18.0. The topological polar surface area (TPSA) is 89.3 Å². The monoisotopic (exact) mass is 496 g/mol. The van der Waals surface area contributed by atoms with E-state index in [-0.39, 0.29) is 33.6 Å². The second-order valence-electron chi connectivity index (χ2n) is 8.59. The summed E-state index contributed by atoms with van der Waals surface area (Å²) in [5.74, 6) is -0.00421. The van der Waals surface area contributed by atoms with Gasteiger partial charge in [0, 0.05) is 59.9 Å². The van der Waals surface area contributed by atoms with E-state index < -0.39 is 18.5 Å². The molecule has 3 heterocycles. The molecule has 5 rings (SSSR count). The number of nitrogens with two attached hydrogens (primary N) is 1. The minimum Gasteiger partial charge on any atom is -0.507 e. The summed E-state index contributed by atoms with van der Waals surface area (Å²) in [5.41, 5.74) is 7.08. The Hall–Kier alpha value is -3.62. The number of rotatable bonds is 4. The lowest BCUT2D eigenvalue weighted by Gasteiger charge is -2.31. The van der Waals surface area contributed by atoms with Gasteiger partial charge in [0.2, 0.25) is 0 Å². The van der Waals surface area contributed by atoms with Crippen LogP contribution in [0.3, 0.4) is 0 Å². The summed E-state index contributed by atoms with van der Waals surface area (Å²) in [4.78, 5) is 19.1. The molecule has 0 amide bonds. The molecule has 0 radical (unpaired) electrons. The molecule has 1 saturated heterocycles. The molecular formula is C26H25ClFN5O2. The fourth-order valence-corrected chi connectivity index (χ4v) is 4.72. The van der Waals surface area contributed by atoms with Crippen molar-refractivity contribution in [3.05, 3.63) is 82.4 Å². The highest BCUT2D eigenvalue weighted by molar-refractivity contribution is 6.32. The van der Waals surface area contributed by atoms with Gasteiger partial charge in [0.05, 0.1) is 10.7 Å². The summed E-state index contributed by atoms with van der Waals surface area (Å²) in [7, 11) is 0. The van der Waals surface area contributed by atoms with E-state index in [9.17, 15) is 14.3 Å². The molecule has 0 bridgehead atoms. The van der Waals surface area contributed by atoms with Crippen LogP contribution in [0.15, 0.2) is 65.8 Å². The number of hydrogen-bond acceptors (Lipinski definition) is 5. The Labute approximate surface area is 211 Å². The van der Waals surface area contributed by atoms with Crippen molar-refractivity contribution >= 4 is 17.4 Å². The van der Waals surface area contributed by atoms with E-state index in [0.29, 0.717) is 28.1 Å². The minimum atomic E-state index is -2.63. The van der Waals surface area contributed by atoms with Crippen molar-refractivity contribution in [3.63, 3.8) is 0 Å². The molecule has 0 saturated carbocycles. The zero-order chi connectivity index (χ0) is 27.2. The molecule has 35 heavy (non-hydrogen) atoms. The van der Waals surface area contributed by atoms with Crippen molar-refractivity contribution < 1.29 is 13.6 Å². The number of imidazole rings is 1. The zero-order valence-corrected chi connectivity index (χ0v) is 19.4. The number of piperidine rings is 1. The predicted octanol–water partition coefficient (Wildman–Crippen LogP) is 4.33. The third kappa shape index (κ3) is 4.42. The van der Waals surface area contributed by atoms with Crippen LogP contribution in [0.1, 0.15) is 17.0 Å². The van der Waals surface area contributed by atoms with E-state index in [2.05, 4.69) is 9.88 Å². The minimum absolute atomic E-state index is 0.0546. The van der Waals surface area contributed by atoms with Crippen molar-refractivity contribution in [1.82, 2.24) is 14.1 Å². The number of pyridine rings is 1. The Balaban J connectivity index is 1.52. The van der Waals surface area contributed by atoms with Crippen LogP contribution < -0.4 is 16.3 Å². The number of nitrogens with zero attached hydrogens (tertiary/aromatic N) is 4. The normalized spacial score (nSPS) is 17.6. The van der Waals surface area contributed by atoms with Crippen molar-refractivity contribution in [2.24, 2.45) is 12.7 Å². The molecule has 1 atom stereocenters. The third-order valence-electron chi connectivity index (χ3n) is 6.21. The quantitative estimate of drug-likeness (QED) is 0.439. The maximum atomic E-state index is 14.8. The number of benzene rings is 2. The molecule has 2 aromatic heterocycles. The maximum Gasteiger partial charge on any atom is 0.332 e. The van der Waals surface area contributed by atoms with Crippen LogP contribution in [-0.2, 0) is 6.98 Å². The number of phenols is 1. The van der Waals surface area contributed by atoms with Crippen LogP contribution in [0.5, 0.6) is 5.75 Å². The van der Waals surface area contributed by atoms with E-state index in [0.717, 1.165) is 30.2 Å². The first-order valence-electron chi connectivity index (χ1n) is 12.6. The Bertz CT molecular complexity index is 1570. The molecule has 9 heteroatoms. The van der Waals surface area contributed by atoms with Crippen LogP contribution in [0, 0.1) is 5.82 Å². The summed E-state index contributed by atoms with van der Waals surface area (Å²) >= 11 is 6.47. The first-order valence-corrected chi connectivity index (χ1v) is 11.5. The summed E-state index contributed by atoms with van der Waals surface area (Å²) in [6.45, 7) is -1.15. The average molecular weight is 497 g/mol. The molecule has 0 aliphatic carbocycles. The fraction of sp³-hybridized carbons (Fsp3) is 0.231. The molecular weight excluding hydrogens is 469 g/mol. The van der Waals surface area contributed by atoms with Gasteiger partial charge in [-0.3, -0.25) is 4.57 Å². The molecule has 7 nitrogen and oxygen atoms in total. The van der Waals surface area contributed by atoms with Crippen molar-refractivity contribution in [1.29, 1.82) is 0 Å². The highest BCUT2D eigenvalue weighted by Gasteiger charge is 2.20. The molecule has 1 fully saturated rings. The summed E-state index contributed by atoms with van der Waals surface area (Å²) in [6.07, 6.45) is 5.98. The zero-order valence-electron chi connectivity index (χ0n) is 21.7. The number of aromatic hydroxyl groups is 1. The predicted molar refractivity (Wildman–Crippen MR) is 136 cm³/mol. The Morgan fingerprint density at radius 2 is 1.94 bits per heavy atom. The van der Waals surface area contributed by atoms with Gasteiger partial charge >= 0.3 is 5.69 Å². The van der Waals surface area contributed by atoms with Gasteiger partial charge < -0.3 is 20.3 Å². The van der Waals surface area contributed by atoms with Crippen molar-refractivity contribution in [2.45, 2.75) is 18.9 Å². The van der Waals surface area contributed by atoms with Crippen LogP contribution in [0.4, 0.5) is 10.2 Å². The molecule has 0 spiro atoms. The van der Waals surface area contributed by atoms with E-state index in [4.69, 9.17) is 21.4 Å². The van der Waals surface area contributed by atoms with Crippen LogP contribution >= 0.6 is 11.6 Å². The number of hydrogen-bond donors (Lipinski definition) is 2. The molecule has 180 valence electrons. The Morgan fingerprint density at radius 1 is 1.17 bits per heavy atom. The van der Waals surface area contributed by atoms with Gasteiger partial charge in [0.15, 0.2) is 0 Å².